The van der Waals surface area contributed by atoms with Gasteiger partial charge < -0.3 is 9.63 Å². The van der Waals surface area contributed by atoms with Gasteiger partial charge in [-0.3, -0.25) is 9.78 Å². The standard InChI is InChI=1S/C14H14BrN3O3/c15-9-5-8(6-16-7-9)12-17-13(21-18-12)10-3-1-2-4-11(10)14(19)20/h5-7,10-11H,1-4H2,(H,19,20). The lowest BCUT2D eigenvalue weighted by molar-refractivity contribution is -0.143. The maximum Gasteiger partial charge on any atom is 0.307 e. The van der Waals surface area contributed by atoms with E-state index in [4.69, 9.17) is 4.52 Å². The fraction of sp³-hybridized carbons (Fsp3) is 0.429. The van der Waals surface area contributed by atoms with Gasteiger partial charge in [0.1, 0.15) is 0 Å². The molecule has 0 aromatic carbocycles. The van der Waals surface area contributed by atoms with Crippen molar-refractivity contribution in [2.24, 2.45) is 5.92 Å². The molecule has 2 heterocycles. The summed E-state index contributed by atoms with van der Waals surface area (Å²) in [6, 6.07) is 1.84. The zero-order valence-electron chi connectivity index (χ0n) is 11.2. The number of hydrogen-bond acceptors (Lipinski definition) is 5. The second kappa shape index (κ2) is 5.93. The van der Waals surface area contributed by atoms with E-state index in [0.717, 1.165) is 29.3 Å². The van der Waals surface area contributed by atoms with E-state index in [1.54, 1.807) is 12.4 Å². The van der Waals surface area contributed by atoms with Crippen LogP contribution >= 0.6 is 15.9 Å². The Bertz CT molecular complexity index is 658. The van der Waals surface area contributed by atoms with Crippen molar-refractivity contribution in [3.63, 3.8) is 0 Å². The number of aliphatic carboxylic acids is 1. The van der Waals surface area contributed by atoms with Gasteiger partial charge in [-0.15, -0.1) is 0 Å². The first-order chi connectivity index (χ1) is 10.1. The number of pyridine rings is 1. The topological polar surface area (TPSA) is 89.1 Å². The molecule has 0 radical (unpaired) electrons. The maximum atomic E-state index is 11.4. The number of carboxylic acid groups (broad SMARTS) is 1. The predicted octanol–water partition coefficient (Wildman–Crippen LogP) is 3.25. The van der Waals surface area contributed by atoms with Crippen LogP contribution in [0.15, 0.2) is 27.5 Å². The smallest absolute Gasteiger partial charge is 0.307 e. The van der Waals surface area contributed by atoms with E-state index in [2.05, 4.69) is 31.1 Å². The SMILES string of the molecule is O=C(O)C1CCCCC1c1nc(-c2cncc(Br)c2)no1. The molecule has 21 heavy (non-hydrogen) atoms. The molecule has 1 N–H and O–H groups in total. The summed E-state index contributed by atoms with van der Waals surface area (Å²) in [5.41, 5.74) is 0.738. The minimum absolute atomic E-state index is 0.197. The molecule has 2 aromatic heterocycles. The van der Waals surface area contributed by atoms with E-state index in [9.17, 15) is 9.90 Å². The zero-order valence-corrected chi connectivity index (χ0v) is 12.8. The monoisotopic (exact) mass is 351 g/mol. The first-order valence-corrected chi connectivity index (χ1v) is 7.62. The molecule has 1 aliphatic carbocycles. The lowest BCUT2D eigenvalue weighted by atomic mass is 9.79. The molecule has 0 aliphatic heterocycles. The molecule has 2 unspecified atom stereocenters. The van der Waals surface area contributed by atoms with Crippen molar-refractivity contribution >= 4 is 21.9 Å². The van der Waals surface area contributed by atoms with Crippen molar-refractivity contribution in [3.8, 4) is 11.4 Å². The molecule has 1 aliphatic rings. The van der Waals surface area contributed by atoms with E-state index in [1.165, 1.54) is 0 Å². The minimum atomic E-state index is -0.788. The quantitative estimate of drug-likeness (QED) is 0.912. The summed E-state index contributed by atoms with van der Waals surface area (Å²) in [5, 5.41) is 13.3. The third kappa shape index (κ3) is 2.97. The van der Waals surface area contributed by atoms with Crippen LogP contribution in [0.4, 0.5) is 0 Å². The van der Waals surface area contributed by atoms with Crippen molar-refractivity contribution in [1.82, 2.24) is 15.1 Å². The van der Waals surface area contributed by atoms with Gasteiger partial charge in [0, 0.05) is 22.4 Å². The number of carbonyl (C=O) groups is 1. The highest BCUT2D eigenvalue weighted by Gasteiger charge is 2.35. The Labute approximate surface area is 129 Å². The molecule has 6 nitrogen and oxygen atoms in total. The van der Waals surface area contributed by atoms with Crippen molar-refractivity contribution in [2.45, 2.75) is 31.6 Å². The van der Waals surface area contributed by atoms with Gasteiger partial charge in [0.25, 0.3) is 0 Å². The van der Waals surface area contributed by atoms with Gasteiger partial charge in [0.2, 0.25) is 11.7 Å². The van der Waals surface area contributed by atoms with Crippen molar-refractivity contribution in [3.05, 3.63) is 28.8 Å². The molecule has 1 saturated carbocycles. The second-order valence-electron chi connectivity index (χ2n) is 5.18. The normalized spacial score (nSPS) is 22.1. The minimum Gasteiger partial charge on any atom is -0.481 e. The number of hydrogen-bond donors (Lipinski definition) is 1. The summed E-state index contributed by atoms with van der Waals surface area (Å²) in [6.07, 6.45) is 6.68. The summed E-state index contributed by atoms with van der Waals surface area (Å²) in [4.78, 5) is 19.8. The fourth-order valence-electron chi connectivity index (χ4n) is 2.76. The fourth-order valence-corrected chi connectivity index (χ4v) is 3.12. The highest BCUT2D eigenvalue weighted by Crippen LogP contribution is 2.37. The van der Waals surface area contributed by atoms with Gasteiger partial charge in [-0.25, -0.2) is 0 Å². The molecule has 7 heteroatoms. The molecular formula is C14H14BrN3O3. The summed E-state index contributed by atoms with van der Waals surface area (Å²) in [7, 11) is 0. The Balaban J connectivity index is 1.88. The molecule has 0 amide bonds. The van der Waals surface area contributed by atoms with Crippen LogP contribution < -0.4 is 0 Å². The summed E-state index contributed by atoms with van der Waals surface area (Å²) in [5.74, 6) is -0.570. The Kier molecular flexibility index (Phi) is 4.01. The number of nitrogens with zero attached hydrogens (tertiary/aromatic N) is 3. The molecule has 0 saturated heterocycles. The Hall–Kier alpha value is -1.76. The van der Waals surface area contributed by atoms with Gasteiger partial charge in [-0.2, -0.15) is 4.98 Å². The number of carboxylic acids is 1. The van der Waals surface area contributed by atoms with Gasteiger partial charge in [0.15, 0.2) is 0 Å². The molecule has 1 fully saturated rings. The van der Waals surface area contributed by atoms with Crippen LogP contribution in [0.2, 0.25) is 0 Å². The van der Waals surface area contributed by atoms with Crippen LogP contribution in [0.5, 0.6) is 0 Å². The van der Waals surface area contributed by atoms with Crippen LogP contribution in [0.25, 0.3) is 11.4 Å². The van der Waals surface area contributed by atoms with Crippen LogP contribution in [0.3, 0.4) is 0 Å². The Morgan fingerprint density at radius 1 is 1.33 bits per heavy atom. The summed E-state index contributed by atoms with van der Waals surface area (Å²) < 4.78 is 6.14. The zero-order chi connectivity index (χ0) is 14.8. The second-order valence-corrected chi connectivity index (χ2v) is 6.10. The van der Waals surface area contributed by atoms with E-state index in [-0.39, 0.29) is 5.92 Å². The average molecular weight is 352 g/mol. The maximum absolute atomic E-state index is 11.4. The number of rotatable bonds is 3. The van der Waals surface area contributed by atoms with Crippen LogP contribution in [-0.2, 0) is 4.79 Å². The molecule has 2 atom stereocenters. The van der Waals surface area contributed by atoms with Gasteiger partial charge in [-0.1, -0.05) is 18.0 Å². The third-order valence-corrected chi connectivity index (χ3v) is 4.24. The first kappa shape index (κ1) is 14.2. The number of aromatic nitrogens is 3. The Morgan fingerprint density at radius 3 is 2.90 bits per heavy atom. The van der Waals surface area contributed by atoms with Crippen LogP contribution in [0, 0.1) is 5.92 Å². The van der Waals surface area contributed by atoms with Crippen molar-refractivity contribution in [2.75, 3.05) is 0 Å². The van der Waals surface area contributed by atoms with E-state index in [0.29, 0.717) is 18.1 Å². The number of halogens is 1. The molecule has 110 valence electrons. The largest absolute Gasteiger partial charge is 0.481 e. The van der Waals surface area contributed by atoms with Gasteiger partial charge >= 0.3 is 5.97 Å². The van der Waals surface area contributed by atoms with Crippen molar-refractivity contribution < 1.29 is 14.4 Å². The van der Waals surface area contributed by atoms with Crippen LogP contribution in [0.1, 0.15) is 37.5 Å². The predicted molar refractivity (Wildman–Crippen MR) is 77.6 cm³/mol. The first-order valence-electron chi connectivity index (χ1n) is 6.82. The molecule has 0 spiro atoms. The van der Waals surface area contributed by atoms with E-state index >= 15 is 0 Å². The van der Waals surface area contributed by atoms with Gasteiger partial charge in [0.05, 0.1) is 11.8 Å². The summed E-state index contributed by atoms with van der Waals surface area (Å²) >= 11 is 3.35. The van der Waals surface area contributed by atoms with Crippen LogP contribution in [-0.4, -0.2) is 26.2 Å². The van der Waals surface area contributed by atoms with Crippen molar-refractivity contribution in [1.29, 1.82) is 0 Å². The lowest BCUT2D eigenvalue weighted by Crippen LogP contribution is -2.25. The molecular weight excluding hydrogens is 338 g/mol. The Morgan fingerprint density at radius 2 is 2.14 bits per heavy atom. The highest BCUT2D eigenvalue weighted by atomic mass is 79.9. The molecule has 0 bridgehead atoms. The molecule has 2 aromatic rings. The summed E-state index contributed by atoms with van der Waals surface area (Å²) in [6.45, 7) is 0. The lowest BCUT2D eigenvalue weighted by Gasteiger charge is -2.25. The van der Waals surface area contributed by atoms with Gasteiger partial charge in [-0.05, 0) is 34.8 Å². The highest BCUT2D eigenvalue weighted by molar-refractivity contribution is 9.10. The third-order valence-electron chi connectivity index (χ3n) is 3.81. The average Bonchev–Trinajstić information content (AvgIpc) is 2.97. The molecule has 3 rings (SSSR count). The van der Waals surface area contributed by atoms with E-state index < -0.39 is 11.9 Å². The van der Waals surface area contributed by atoms with E-state index in [1.807, 2.05) is 6.07 Å².